The standard InChI is InChI=1S/C22H19N3O5S2/c1-11-15(20(27)29-3)19(31-16(11)21(28)30-4)24-18(26)17-12(2)25-10-14(23-22(25)32-17)13-8-6-5-7-9-13/h5-10H,1-4H3,(H,24,26). The summed E-state index contributed by atoms with van der Waals surface area (Å²) in [7, 11) is 2.50. The Morgan fingerprint density at radius 3 is 2.28 bits per heavy atom. The average molecular weight is 470 g/mol. The SMILES string of the molecule is COC(=O)c1sc(NC(=O)c2sc3nc(-c4ccccc4)cn3c2C)c(C(=O)OC)c1C. The molecule has 1 amide bonds. The van der Waals surface area contributed by atoms with Gasteiger partial charge in [0.05, 0.1) is 25.5 Å². The number of esters is 2. The number of amides is 1. The van der Waals surface area contributed by atoms with Crippen molar-refractivity contribution >= 4 is 50.5 Å². The van der Waals surface area contributed by atoms with Gasteiger partial charge in [0.1, 0.15) is 14.8 Å². The highest BCUT2D eigenvalue weighted by atomic mass is 32.1. The number of rotatable bonds is 5. The summed E-state index contributed by atoms with van der Waals surface area (Å²) in [5, 5.41) is 2.99. The molecule has 0 saturated carbocycles. The van der Waals surface area contributed by atoms with Crippen molar-refractivity contribution in [2.75, 3.05) is 19.5 Å². The number of hydrogen-bond donors (Lipinski definition) is 1. The highest BCUT2D eigenvalue weighted by molar-refractivity contribution is 7.20. The van der Waals surface area contributed by atoms with Gasteiger partial charge in [-0.15, -0.1) is 11.3 Å². The molecule has 3 aromatic heterocycles. The van der Waals surface area contributed by atoms with E-state index in [0.29, 0.717) is 15.4 Å². The number of carbonyl (C=O) groups excluding carboxylic acids is 3. The van der Waals surface area contributed by atoms with Crippen molar-refractivity contribution < 1.29 is 23.9 Å². The Morgan fingerprint density at radius 1 is 0.969 bits per heavy atom. The van der Waals surface area contributed by atoms with Crippen LogP contribution in [0.5, 0.6) is 0 Å². The third kappa shape index (κ3) is 3.67. The summed E-state index contributed by atoms with van der Waals surface area (Å²) in [5.41, 5.74) is 3.06. The van der Waals surface area contributed by atoms with Crippen LogP contribution in [-0.4, -0.2) is 41.5 Å². The van der Waals surface area contributed by atoms with Crippen LogP contribution in [0.1, 0.15) is 41.0 Å². The lowest BCUT2D eigenvalue weighted by atomic mass is 10.1. The smallest absolute Gasteiger partial charge is 0.348 e. The minimum absolute atomic E-state index is 0.136. The molecule has 4 rings (SSSR count). The topological polar surface area (TPSA) is 99.0 Å². The molecule has 32 heavy (non-hydrogen) atoms. The van der Waals surface area contributed by atoms with Gasteiger partial charge in [0.25, 0.3) is 5.91 Å². The van der Waals surface area contributed by atoms with Crippen LogP contribution in [-0.2, 0) is 9.47 Å². The molecule has 0 aliphatic heterocycles. The maximum atomic E-state index is 13.1. The molecule has 1 aromatic carbocycles. The summed E-state index contributed by atoms with van der Waals surface area (Å²) < 4.78 is 11.5. The van der Waals surface area contributed by atoms with Crippen LogP contribution >= 0.6 is 22.7 Å². The van der Waals surface area contributed by atoms with Gasteiger partial charge in [-0.25, -0.2) is 14.6 Å². The van der Waals surface area contributed by atoms with Crippen molar-refractivity contribution in [1.29, 1.82) is 0 Å². The number of nitrogens with one attached hydrogen (secondary N) is 1. The van der Waals surface area contributed by atoms with Crippen LogP contribution in [0.25, 0.3) is 16.2 Å². The fourth-order valence-corrected chi connectivity index (χ4v) is 5.42. The summed E-state index contributed by atoms with van der Waals surface area (Å²) in [5.74, 6) is -1.63. The summed E-state index contributed by atoms with van der Waals surface area (Å²) >= 11 is 2.22. The lowest BCUT2D eigenvalue weighted by Gasteiger charge is -2.05. The number of fused-ring (bicyclic) bond motifs is 1. The molecule has 0 saturated heterocycles. The molecular weight excluding hydrogens is 450 g/mol. The number of hydrogen-bond acceptors (Lipinski definition) is 8. The summed E-state index contributed by atoms with van der Waals surface area (Å²) in [6.45, 7) is 3.44. The predicted octanol–water partition coefficient (Wildman–Crippen LogP) is 4.57. The minimum atomic E-state index is -0.644. The van der Waals surface area contributed by atoms with Gasteiger partial charge in [0.2, 0.25) is 0 Å². The number of nitrogens with zero attached hydrogens (tertiary/aromatic N) is 2. The average Bonchev–Trinajstić information content (AvgIpc) is 3.46. The second kappa shape index (κ2) is 8.56. The largest absolute Gasteiger partial charge is 0.465 e. The Hall–Kier alpha value is -3.50. The lowest BCUT2D eigenvalue weighted by molar-refractivity contribution is 0.0601. The van der Waals surface area contributed by atoms with E-state index in [2.05, 4.69) is 10.3 Å². The molecular formula is C22H19N3O5S2. The molecule has 0 spiro atoms. The minimum Gasteiger partial charge on any atom is -0.465 e. The van der Waals surface area contributed by atoms with Crippen LogP contribution < -0.4 is 5.32 Å². The quantitative estimate of drug-likeness (QED) is 0.430. The van der Waals surface area contributed by atoms with Crippen molar-refractivity contribution in [2.45, 2.75) is 13.8 Å². The first-order valence-corrected chi connectivity index (χ1v) is 11.1. The first kappa shape index (κ1) is 21.7. The van der Waals surface area contributed by atoms with E-state index in [0.717, 1.165) is 28.3 Å². The number of thiophene rings is 1. The molecule has 164 valence electrons. The van der Waals surface area contributed by atoms with Crippen LogP contribution in [0.15, 0.2) is 36.5 Å². The second-order valence-corrected chi connectivity index (χ2v) is 8.86. The van der Waals surface area contributed by atoms with Gasteiger partial charge in [-0.3, -0.25) is 9.20 Å². The molecule has 0 bridgehead atoms. The van der Waals surface area contributed by atoms with Crippen LogP contribution in [0, 0.1) is 13.8 Å². The number of methoxy groups -OCH3 is 2. The lowest BCUT2D eigenvalue weighted by Crippen LogP contribution is -2.14. The molecule has 0 unspecified atom stereocenters. The first-order valence-electron chi connectivity index (χ1n) is 9.51. The van der Waals surface area contributed by atoms with E-state index < -0.39 is 17.8 Å². The van der Waals surface area contributed by atoms with Gasteiger partial charge in [-0.1, -0.05) is 41.7 Å². The Balaban J connectivity index is 1.68. The number of imidazole rings is 1. The van der Waals surface area contributed by atoms with E-state index in [1.807, 2.05) is 47.9 Å². The van der Waals surface area contributed by atoms with E-state index in [9.17, 15) is 14.4 Å². The van der Waals surface area contributed by atoms with E-state index in [1.165, 1.54) is 25.6 Å². The van der Waals surface area contributed by atoms with Crippen molar-refractivity contribution in [1.82, 2.24) is 9.38 Å². The fourth-order valence-electron chi connectivity index (χ4n) is 3.31. The molecule has 0 aliphatic carbocycles. The van der Waals surface area contributed by atoms with Gasteiger partial charge < -0.3 is 14.8 Å². The second-order valence-electron chi connectivity index (χ2n) is 6.86. The number of carbonyl (C=O) groups is 3. The number of benzene rings is 1. The number of anilines is 1. The Kier molecular flexibility index (Phi) is 5.81. The molecule has 4 aromatic rings. The Morgan fingerprint density at radius 2 is 1.66 bits per heavy atom. The number of aryl methyl sites for hydroxylation is 1. The fraction of sp³-hybridized carbons (Fsp3) is 0.182. The van der Waals surface area contributed by atoms with Crippen molar-refractivity contribution in [3.63, 3.8) is 0 Å². The molecule has 0 fully saturated rings. The number of thiazole rings is 1. The van der Waals surface area contributed by atoms with Gasteiger partial charge in [0, 0.05) is 17.5 Å². The van der Waals surface area contributed by atoms with Crippen LogP contribution in [0.3, 0.4) is 0 Å². The van der Waals surface area contributed by atoms with Crippen molar-refractivity contribution in [3.8, 4) is 11.3 Å². The van der Waals surface area contributed by atoms with Gasteiger partial charge >= 0.3 is 11.9 Å². The number of ether oxygens (including phenoxy) is 2. The summed E-state index contributed by atoms with van der Waals surface area (Å²) in [6, 6.07) is 9.78. The molecule has 1 N–H and O–H groups in total. The molecule has 10 heteroatoms. The van der Waals surface area contributed by atoms with E-state index in [4.69, 9.17) is 9.47 Å². The molecule has 3 heterocycles. The maximum absolute atomic E-state index is 13.1. The summed E-state index contributed by atoms with van der Waals surface area (Å²) in [6.07, 6.45) is 1.89. The normalized spacial score (nSPS) is 10.9. The molecule has 0 aliphatic rings. The zero-order valence-electron chi connectivity index (χ0n) is 17.7. The van der Waals surface area contributed by atoms with Crippen LogP contribution in [0.4, 0.5) is 5.00 Å². The zero-order chi connectivity index (χ0) is 23.0. The van der Waals surface area contributed by atoms with Gasteiger partial charge in [0.15, 0.2) is 4.96 Å². The van der Waals surface area contributed by atoms with E-state index in [1.54, 1.807) is 6.92 Å². The maximum Gasteiger partial charge on any atom is 0.348 e. The van der Waals surface area contributed by atoms with Gasteiger partial charge in [-0.2, -0.15) is 0 Å². The third-order valence-electron chi connectivity index (χ3n) is 4.97. The summed E-state index contributed by atoms with van der Waals surface area (Å²) in [4.78, 5) is 43.4. The Labute approximate surface area is 191 Å². The van der Waals surface area contributed by atoms with Gasteiger partial charge in [-0.05, 0) is 19.4 Å². The molecule has 8 nitrogen and oxygen atoms in total. The highest BCUT2D eigenvalue weighted by Crippen LogP contribution is 2.35. The first-order chi connectivity index (χ1) is 15.3. The van der Waals surface area contributed by atoms with Crippen molar-refractivity contribution in [3.05, 3.63) is 63.1 Å². The van der Waals surface area contributed by atoms with Crippen LogP contribution in [0.2, 0.25) is 0 Å². The number of aromatic nitrogens is 2. The van der Waals surface area contributed by atoms with Crippen molar-refractivity contribution in [2.24, 2.45) is 0 Å². The highest BCUT2D eigenvalue weighted by Gasteiger charge is 2.28. The third-order valence-corrected chi connectivity index (χ3v) is 7.31. The molecule has 0 radical (unpaired) electrons. The monoisotopic (exact) mass is 469 g/mol. The Bertz CT molecular complexity index is 1350. The zero-order valence-corrected chi connectivity index (χ0v) is 19.3. The van der Waals surface area contributed by atoms with E-state index >= 15 is 0 Å². The molecule has 0 atom stereocenters. The van der Waals surface area contributed by atoms with E-state index in [-0.39, 0.29) is 15.4 Å². The predicted molar refractivity (Wildman–Crippen MR) is 123 cm³/mol.